The van der Waals surface area contributed by atoms with E-state index in [-0.39, 0.29) is 11.8 Å². The number of carbonyl (C=O) groups excluding carboxylic acids is 1. The van der Waals surface area contributed by atoms with Gasteiger partial charge in [0.05, 0.1) is 6.33 Å². The van der Waals surface area contributed by atoms with Crippen molar-refractivity contribution in [3.05, 3.63) is 48.5 Å². The van der Waals surface area contributed by atoms with Crippen LogP contribution < -0.4 is 5.32 Å². The van der Waals surface area contributed by atoms with E-state index in [1.165, 1.54) is 11.9 Å². The Bertz CT molecular complexity index is 862. The number of aromatic amines is 1. The molecular weight excluding hydrogens is 316 g/mol. The predicted molar refractivity (Wildman–Crippen MR) is 95.0 cm³/mol. The van der Waals surface area contributed by atoms with Gasteiger partial charge < -0.3 is 15.2 Å². The molecule has 1 fully saturated rings. The van der Waals surface area contributed by atoms with Crippen molar-refractivity contribution in [1.29, 1.82) is 0 Å². The minimum absolute atomic E-state index is 0.233. The average molecular weight is 336 g/mol. The number of rotatable bonds is 6. The molecule has 2 aromatic heterocycles. The van der Waals surface area contributed by atoms with Gasteiger partial charge in [-0.3, -0.25) is 4.79 Å². The lowest BCUT2D eigenvalue weighted by atomic mass is 10.1. The van der Waals surface area contributed by atoms with E-state index in [0.717, 1.165) is 30.8 Å². The molecule has 2 N–H and O–H groups in total. The highest BCUT2D eigenvalue weighted by molar-refractivity contribution is 5.82. The molecule has 25 heavy (non-hydrogen) atoms. The van der Waals surface area contributed by atoms with E-state index in [1.807, 2.05) is 23.1 Å². The summed E-state index contributed by atoms with van der Waals surface area (Å²) in [5.74, 6) is 1.26. The van der Waals surface area contributed by atoms with E-state index in [9.17, 15) is 4.79 Å². The van der Waals surface area contributed by atoms with Crippen LogP contribution in [0.2, 0.25) is 0 Å². The summed E-state index contributed by atoms with van der Waals surface area (Å²) >= 11 is 0. The van der Waals surface area contributed by atoms with E-state index in [0.29, 0.717) is 18.6 Å². The van der Waals surface area contributed by atoms with Gasteiger partial charge in [-0.2, -0.15) is 0 Å². The molecule has 3 aromatic rings. The molecule has 1 aliphatic rings. The number of benzene rings is 1. The van der Waals surface area contributed by atoms with Crippen molar-refractivity contribution in [2.45, 2.75) is 12.8 Å². The Morgan fingerprint density at radius 2 is 2.08 bits per heavy atom. The Kier molecular flexibility index (Phi) is 4.28. The largest absolute Gasteiger partial charge is 0.368 e. The molecule has 0 saturated carbocycles. The minimum Gasteiger partial charge on any atom is -0.368 e. The molecule has 1 unspecified atom stereocenters. The summed E-state index contributed by atoms with van der Waals surface area (Å²) in [6.07, 6.45) is 4.58. The van der Waals surface area contributed by atoms with E-state index < -0.39 is 0 Å². The molecule has 4 rings (SSSR count). The van der Waals surface area contributed by atoms with Gasteiger partial charge in [0.1, 0.15) is 11.8 Å². The Labute approximate surface area is 145 Å². The summed E-state index contributed by atoms with van der Waals surface area (Å²) < 4.78 is 0. The topological polar surface area (TPSA) is 86.8 Å². The van der Waals surface area contributed by atoms with E-state index in [4.69, 9.17) is 0 Å². The second kappa shape index (κ2) is 6.88. The first-order chi connectivity index (χ1) is 12.3. The minimum atomic E-state index is 0.233. The molecule has 0 bridgehead atoms. The van der Waals surface area contributed by atoms with Crippen LogP contribution in [0.15, 0.2) is 43.0 Å². The lowest BCUT2D eigenvalue weighted by Crippen LogP contribution is -2.28. The Hall–Kier alpha value is -2.96. The van der Waals surface area contributed by atoms with Crippen LogP contribution in [0.1, 0.15) is 12.0 Å². The van der Waals surface area contributed by atoms with Crippen LogP contribution in [0.5, 0.6) is 0 Å². The fourth-order valence-electron chi connectivity index (χ4n) is 3.26. The molecule has 1 amide bonds. The fraction of sp³-hybridized carbons (Fsp3) is 0.333. The summed E-state index contributed by atoms with van der Waals surface area (Å²) in [4.78, 5) is 29.7. The number of nitrogens with one attached hydrogen (secondary N) is 2. The Morgan fingerprint density at radius 1 is 1.20 bits per heavy atom. The van der Waals surface area contributed by atoms with Gasteiger partial charge in [-0.05, 0) is 12.0 Å². The summed E-state index contributed by atoms with van der Waals surface area (Å²) in [5, 5.41) is 3.33. The lowest BCUT2D eigenvalue weighted by molar-refractivity contribution is -0.127. The number of nitrogens with zero attached hydrogens (tertiary/aromatic N) is 4. The SMILES string of the molecule is O=C1CC(CNc2ncnc3nc[nH]c23)CN1CCc1ccccc1. The molecule has 7 heteroatoms. The number of H-pyrrole nitrogens is 1. The van der Waals surface area contributed by atoms with Gasteiger partial charge in [-0.1, -0.05) is 30.3 Å². The third-order valence-corrected chi connectivity index (χ3v) is 4.59. The van der Waals surface area contributed by atoms with Crippen molar-refractivity contribution in [2.24, 2.45) is 5.92 Å². The van der Waals surface area contributed by atoms with Gasteiger partial charge in [-0.15, -0.1) is 0 Å². The zero-order chi connectivity index (χ0) is 17.1. The van der Waals surface area contributed by atoms with Crippen LogP contribution in [-0.4, -0.2) is 50.4 Å². The number of imidazole rings is 1. The number of hydrogen-bond donors (Lipinski definition) is 2. The summed E-state index contributed by atoms with van der Waals surface area (Å²) in [6.45, 7) is 2.27. The van der Waals surface area contributed by atoms with Crippen LogP contribution >= 0.6 is 0 Å². The highest BCUT2D eigenvalue weighted by atomic mass is 16.2. The molecule has 7 nitrogen and oxygen atoms in total. The average Bonchev–Trinajstić information content (AvgIpc) is 3.26. The zero-order valence-corrected chi connectivity index (χ0v) is 13.9. The van der Waals surface area contributed by atoms with Gasteiger partial charge in [-0.25, -0.2) is 15.0 Å². The molecule has 1 atom stereocenters. The quantitative estimate of drug-likeness (QED) is 0.717. The summed E-state index contributed by atoms with van der Waals surface area (Å²) in [6, 6.07) is 10.3. The molecule has 128 valence electrons. The fourth-order valence-corrected chi connectivity index (χ4v) is 3.26. The third kappa shape index (κ3) is 3.45. The van der Waals surface area contributed by atoms with Crippen LogP contribution in [0.25, 0.3) is 11.2 Å². The maximum Gasteiger partial charge on any atom is 0.223 e. The van der Waals surface area contributed by atoms with Crippen molar-refractivity contribution in [3.63, 3.8) is 0 Å². The second-order valence-corrected chi connectivity index (χ2v) is 6.35. The first-order valence-electron chi connectivity index (χ1n) is 8.49. The molecule has 3 heterocycles. The van der Waals surface area contributed by atoms with Crippen molar-refractivity contribution >= 4 is 22.9 Å². The van der Waals surface area contributed by atoms with Crippen LogP contribution in [0.4, 0.5) is 5.82 Å². The third-order valence-electron chi connectivity index (χ3n) is 4.59. The molecule has 0 radical (unpaired) electrons. The smallest absolute Gasteiger partial charge is 0.223 e. The normalized spacial score (nSPS) is 17.4. The highest BCUT2D eigenvalue weighted by Crippen LogP contribution is 2.20. The molecule has 1 aromatic carbocycles. The monoisotopic (exact) mass is 336 g/mol. The first kappa shape index (κ1) is 15.6. The number of likely N-dealkylation sites (tertiary alicyclic amines) is 1. The van der Waals surface area contributed by atoms with Crippen molar-refractivity contribution < 1.29 is 4.79 Å². The molecular formula is C18H20N6O. The van der Waals surface area contributed by atoms with Gasteiger partial charge in [0.2, 0.25) is 5.91 Å². The molecule has 1 aliphatic heterocycles. The summed E-state index contributed by atoms with van der Waals surface area (Å²) in [5.41, 5.74) is 2.71. The predicted octanol–water partition coefficient (Wildman–Crippen LogP) is 1.86. The standard InChI is InChI=1S/C18H20N6O/c25-15-8-14(10-24(15)7-6-13-4-2-1-3-5-13)9-19-17-16-18(21-11-20-16)23-12-22-17/h1-5,11-12,14H,6-10H2,(H2,19,20,21,22,23). The van der Waals surface area contributed by atoms with Crippen molar-refractivity contribution in [1.82, 2.24) is 24.8 Å². The van der Waals surface area contributed by atoms with Crippen molar-refractivity contribution in [3.8, 4) is 0 Å². The van der Waals surface area contributed by atoms with E-state index in [1.54, 1.807) is 6.33 Å². The first-order valence-corrected chi connectivity index (χ1v) is 8.49. The molecule has 0 aliphatic carbocycles. The lowest BCUT2D eigenvalue weighted by Gasteiger charge is -2.17. The maximum atomic E-state index is 12.2. The number of anilines is 1. The Balaban J connectivity index is 1.32. The number of carbonyl (C=O) groups is 1. The van der Waals surface area contributed by atoms with Crippen molar-refractivity contribution in [2.75, 3.05) is 25.0 Å². The van der Waals surface area contributed by atoms with Gasteiger partial charge in [0, 0.05) is 32.0 Å². The van der Waals surface area contributed by atoms with Gasteiger partial charge in [0.25, 0.3) is 0 Å². The second-order valence-electron chi connectivity index (χ2n) is 6.35. The highest BCUT2D eigenvalue weighted by Gasteiger charge is 2.29. The van der Waals surface area contributed by atoms with E-state index >= 15 is 0 Å². The van der Waals surface area contributed by atoms with Crippen LogP contribution in [-0.2, 0) is 11.2 Å². The number of fused-ring (bicyclic) bond motifs is 1. The molecule has 0 spiro atoms. The van der Waals surface area contributed by atoms with Gasteiger partial charge in [0.15, 0.2) is 11.5 Å². The number of aromatic nitrogens is 4. The Morgan fingerprint density at radius 3 is 2.96 bits per heavy atom. The zero-order valence-electron chi connectivity index (χ0n) is 13.9. The van der Waals surface area contributed by atoms with Crippen LogP contribution in [0, 0.1) is 5.92 Å². The number of amides is 1. The van der Waals surface area contributed by atoms with Crippen LogP contribution in [0.3, 0.4) is 0 Å². The van der Waals surface area contributed by atoms with Gasteiger partial charge >= 0.3 is 0 Å². The molecule has 1 saturated heterocycles. The number of hydrogen-bond acceptors (Lipinski definition) is 5. The maximum absolute atomic E-state index is 12.2. The van der Waals surface area contributed by atoms with E-state index in [2.05, 4.69) is 37.4 Å². The summed E-state index contributed by atoms with van der Waals surface area (Å²) in [7, 11) is 0.